The summed E-state index contributed by atoms with van der Waals surface area (Å²) in [6.45, 7) is 7.58. The summed E-state index contributed by atoms with van der Waals surface area (Å²) in [5.41, 5.74) is 2.04. The van der Waals surface area contributed by atoms with Crippen molar-refractivity contribution >= 4 is 16.9 Å². The Bertz CT molecular complexity index is 565. The molecule has 0 saturated heterocycles. The van der Waals surface area contributed by atoms with E-state index in [-0.39, 0.29) is 0 Å². The number of fused-ring (bicyclic) bond motifs is 3. The molecule has 2 aromatic heterocycles. The first kappa shape index (κ1) is 10.6. The first-order chi connectivity index (χ1) is 8.13. The third-order valence-electron chi connectivity index (χ3n) is 3.84. The van der Waals surface area contributed by atoms with Gasteiger partial charge in [-0.25, -0.2) is 9.36 Å². The van der Waals surface area contributed by atoms with Crippen LogP contribution >= 0.6 is 0 Å². The zero-order valence-electron chi connectivity index (χ0n) is 10.9. The number of hydrogen-bond acceptors (Lipinski definition) is 3. The Morgan fingerprint density at radius 2 is 2.18 bits per heavy atom. The van der Waals surface area contributed by atoms with Crippen LogP contribution in [0.1, 0.15) is 32.0 Å². The van der Waals surface area contributed by atoms with Crippen molar-refractivity contribution in [3.8, 4) is 0 Å². The molecule has 92 valence electrons. The summed E-state index contributed by atoms with van der Waals surface area (Å²) >= 11 is 0. The first-order valence-corrected chi connectivity index (χ1v) is 6.29. The SMILES string of the molecule is CCC1C(C)CNc2c3c(C)nn(C)c3nn21. The summed E-state index contributed by atoms with van der Waals surface area (Å²) in [4.78, 5) is 0. The number of aryl methyl sites for hydroxylation is 2. The van der Waals surface area contributed by atoms with E-state index in [0.717, 1.165) is 30.1 Å². The number of rotatable bonds is 1. The van der Waals surface area contributed by atoms with Crippen LogP contribution in [-0.4, -0.2) is 26.1 Å². The molecule has 17 heavy (non-hydrogen) atoms. The van der Waals surface area contributed by atoms with Gasteiger partial charge in [-0.2, -0.15) is 10.2 Å². The van der Waals surface area contributed by atoms with Gasteiger partial charge in [-0.1, -0.05) is 13.8 Å². The molecule has 0 aliphatic carbocycles. The fourth-order valence-electron chi connectivity index (χ4n) is 2.92. The second-order valence-electron chi connectivity index (χ2n) is 5.03. The fraction of sp³-hybridized carbons (Fsp3) is 0.667. The molecular weight excluding hydrogens is 214 g/mol. The van der Waals surface area contributed by atoms with Crippen molar-refractivity contribution in [3.63, 3.8) is 0 Å². The van der Waals surface area contributed by atoms with Crippen LogP contribution in [0.25, 0.3) is 11.0 Å². The third kappa shape index (κ3) is 1.31. The molecule has 3 rings (SSSR count). The summed E-state index contributed by atoms with van der Waals surface area (Å²) in [6.07, 6.45) is 1.12. The van der Waals surface area contributed by atoms with E-state index in [1.54, 1.807) is 0 Å². The van der Waals surface area contributed by atoms with E-state index in [9.17, 15) is 0 Å². The fourth-order valence-corrected chi connectivity index (χ4v) is 2.92. The van der Waals surface area contributed by atoms with Gasteiger partial charge < -0.3 is 5.32 Å². The Hall–Kier alpha value is -1.52. The van der Waals surface area contributed by atoms with Crippen molar-refractivity contribution in [2.75, 3.05) is 11.9 Å². The Morgan fingerprint density at radius 1 is 1.41 bits per heavy atom. The van der Waals surface area contributed by atoms with Gasteiger partial charge in [0.1, 0.15) is 5.82 Å². The van der Waals surface area contributed by atoms with Gasteiger partial charge >= 0.3 is 0 Å². The predicted octanol–water partition coefficient (Wildman–Crippen LogP) is 2.09. The number of hydrogen-bond donors (Lipinski definition) is 1. The minimum atomic E-state index is 0.498. The lowest BCUT2D eigenvalue weighted by molar-refractivity contribution is 0.314. The lowest BCUT2D eigenvalue weighted by Gasteiger charge is -2.30. The normalized spacial score (nSPS) is 23.8. The van der Waals surface area contributed by atoms with E-state index in [0.29, 0.717) is 12.0 Å². The van der Waals surface area contributed by atoms with Gasteiger partial charge in [0.2, 0.25) is 0 Å². The topological polar surface area (TPSA) is 47.7 Å². The van der Waals surface area contributed by atoms with Crippen molar-refractivity contribution in [1.29, 1.82) is 0 Å². The second-order valence-corrected chi connectivity index (χ2v) is 5.03. The molecule has 1 aliphatic rings. The van der Waals surface area contributed by atoms with Gasteiger partial charge in [0, 0.05) is 13.6 Å². The Labute approximate surface area is 101 Å². The van der Waals surface area contributed by atoms with Crippen molar-refractivity contribution in [2.45, 2.75) is 33.2 Å². The maximum atomic E-state index is 4.73. The minimum Gasteiger partial charge on any atom is -0.369 e. The van der Waals surface area contributed by atoms with Gasteiger partial charge in [-0.3, -0.25) is 0 Å². The maximum absolute atomic E-state index is 4.73. The van der Waals surface area contributed by atoms with E-state index in [1.165, 1.54) is 5.39 Å². The molecule has 0 aromatic carbocycles. The smallest absolute Gasteiger partial charge is 0.182 e. The van der Waals surface area contributed by atoms with E-state index in [4.69, 9.17) is 5.10 Å². The highest BCUT2D eigenvalue weighted by Gasteiger charge is 2.29. The van der Waals surface area contributed by atoms with E-state index in [1.807, 2.05) is 18.7 Å². The van der Waals surface area contributed by atoms with Crippen molar-refractivity contribution in [1.82, 2.24) is 19.6 Å². The van der Waals surface area contributed by atoms with Crippen molar-refractivity contribution in [3.05, 3.63) is 5.69 Å². The number of nitrogens with zero attached hydrogens (tertiary/aromatic N) is 4. The quantitative estimate of drug-likeness (QED) is 0.820. The summed E-state index contributed by atoms with van der Waals surface area (Å²) in [7, 11) is 1.96. The highest BCUT2D eigenvalue weighted by molar-refractivity contribution is 5.90. The molecular formula is C12H19N5. The summed E-state index contributed by atoms with van der Waals surface area (Å²) < 4.78 is 4.03. The molecule has 3 heterocycles. The standard InChI is InChI=1S/C12H19N5/c1-5-9-7(2)6-13-11-10-8(3)14-16(4)12(10)15-17(9)11/h7,9,13H,5-6H2,1-4H3. The minimum absolute atomic E-state index is 0.498. The van der Waals surface area contributed by atoms with Crippen LogP contribution < -0.4 is 5.32 Å². The third-order valence-corrected chi connectivity index (χ3v) is 3.84. The largest absolute Gasteiger partial charge is 0.369 e. The van der Waals surface area contributed by atoms with Gasteiger partial charge in [0.05, 0.1) is 17.1 Å². The Morgan fingerprint density at radius 3 is 2.88 bits per heavy atom. The summed E-state index contributed by atoms with van der Waals surface area (Å²) in [6, 6.07) is 0.498. The van der Waals surface area contributed by atoms with E-state index < -0.39 is 0 Å². The molecule has 2 aromatic rings. The molecule has 0 radical (unpaired) electrons. The van der Waals surface area contributed by atoms with Crippen LogP contribution in [0.15, 0.2) is 0 Å². The number of aromatic nitrogens is 4. The molecule has 0 bridgehead atoms. The van der Waals surface area contributed by atoms with Gasteiger partial charge in [-0.15, -0.1) is 0 Å². The summed E-state index contributed by atoms with van der Waals surface area (Å²) in [5, 5.41) is 13.8. The van der Waals surface area contributed by atoms with Crippen molar-refractivity contribution in [2.24, 2.45) is 13.0 Å². The predicted molar refractivity (Wildman–Crippen MR) is 68.2 cm³/mol. The van der Waals surface area contributed by atoms with Crippen LogP contribution in [0.3, 0.4) is 0 Å². The molecule has 1 aliphatic heterocycles. The molecule has 0 amide bonds. The lowest BCUT2D eigenvalue weighted by atomic mass is 9.98. The van der Waals surface area contributed by atoms with E-state index >= 15 is 0 Å². The Balaban J connectivity index is 2.27. The van der Waals surface area contributed by atoms with Gasteiger partial charge in [0.15, 0.2) is 5.65 Å². The monoisotopic (exact) mass is 233 g/mol. The summed E-state index contributed by atoms with van der Waals surface area (Å²) in [5.74, 6) is 1.77. The molecule has 0 fully saturated rings. The van der Waals surface area contributed by atoms with Gasteiger partial charge in [-0.05, 0) is 19.3 Å². The first-order valence-electron chi connectivity index (χ1n) is 6.29. The highest BCUT2D eigenvalue weighted by atomic mass is 15.4. The van der Waals surface area contributed by atoms with Crippen molar-refractivity contribution < 1.29 is 0 Å². The average molecular weight is 233 g/mol. The average Bonchev–Trinajstić information content (AvgIpc) is 2.79. The molecule has 0 spiro atoms. The molecule has 2 unspecified atom stereocenters. The molecule has 1 N–H and O–H groups in total. The number of nitrogens with one attached hydrogen (secondary N) is 1. The van der Waals surface area contributed by atoms with E-state index in [2.05, 4.69) is 28.9 Å². The molecule has 2 atom stereocenters. The zero-order valence-corrected chi connectivity index (χ0v) is 10.9. The van der Waals surface area contributed by atoms with Crippen LogP contribution in [-0.2, 0) is 7.05 Å². The zero-order chi connectivity index (χ0) is 12.2. The Kier molecular flexibility index (Phi) is 2.18. The molecule has 5 heteroatoms. The lowest BCUT2D eigenvalue weighted by Crippen LogP contribution is -2.31. The van der Waals surface area contributed by atoms with Crippen LogP contribution in [0.4, 0.5) is 5.82 Å². The van der Waals surface area contributed by atoms with Crippen LogP contribution in [0.2, 0.25) is 0 Å². The second kappa shape index (κ2) is 3.48. The highest BCUT2D eigenvalue weighted by Crippen LogP contribution is 2.36. The van der Waals surface area contributed by atoms with Crippen LogP contribution in [0, 0.1) is 12.8 Å². The van der Waals surface area contributed by atoms with Crippen LogP contribution in [0.5, 0.6) is 0 Å². The number of anilines is 1. The van der Waals surface area contributed by atoms with Gasteiger partial charge in [0.25, 0.3) is 0 Å². The maximum Gasteiger partial charge on any atom is 0.182 e. The molecule has 5 nitrogen and oxygen atoms in total. The molecule has 0 saturated carbocycles.